The van der Waals surface area contributed by atoms with E-state index >= 15 is 0 Å². The number of hydrogen-bond donors (Lipinski definition) is 2. The summed E-state index contributed by atoms with van der Waals surface area (Å²) in [6.07, 6.45) is 7.33. The molecular weight excluding hydrogens is 256 g/mol. The SMILES string of the molecule is C#CCSCCNC(=O)c1ccc2c(c1)CCCN2. The second-order valence-corrected chi connectivity index (χ2v) is 5.52. The van der Waals surface area contributed by atoms with E-state index in [1.165, 1.54) is 5.56 Å². The lowest BCUT2D eigenvalue weighted by atomic mass is 10.0. The number of carbonyl (C=O) groups is 1. The molecule has 1 heterocycles. The Kier molecular flexibility index (Phi) is 5.17. The lowest BCUT2D eigenvalue weighted by Crippen LogP contribution is -2.26. The molecule has 0 saturated heterocycles. The maximum absolute atomic E-state index is 12.0. The number of benzene rings is 1. The molecule has 0 unspecified atom stereocenters. The van der Waals surface area contributed by atoms with Gasteiger partial charge in [-0.1, -0.05) is 5.92 Å². The Morgan fingerprint density at radius 1 is 1.53 bits per heavy atom. The molecule has 0 radical (unpaired) electrons. The van der Waals surface area contributed by atoms with Gasteiger partial charge in [0.05, 0.1) is 5.75 Å². The minimum atomic E-state index is -0.00492. The Hall–Kier alpha value is -1.60. The fourth-order valence-corrected chi connectivity index (χ4v) is 2.59. The fraction of sp³-hybridized carbons (Fsp3) is 0.400. The third-order valence-corrected chi connectivity index (χ3v) is 3.89. The number of anilines is 1. The van der Waals surface area contributed by atoms with Crippen LogP contribution in [0.3, 0.4) is 0 Å². The third kappa shape index (κ3) is 3.93. The molecule has 0 aromatic heterocycles. The van der Waals surface area contributed by atoms with Crippen LogP contribution in [-0.2, 0) is 6.42 Å². The van der Waals surface area contributed by atoms with Crippen LogP contribution in [0.2, 0.25) is 0 Å². The lowest BCUT2D eigenvalue weighted by molar-refractivity contribution is 0.0956. The van der Waals surface area contributed by atoms with Gasteiger partial charge >= 0.3 is 0 Å². The standard InChI is InChI=1S/C15H18N2OS/c1-2-9-19-10-8-17-15(18)13-5-6-14-12(11-13)4-3-7-16-14/h1,5-6,11,16H,3-4,7-10H2,(H,17,18). The van der Waals surface area contributed by atoms with Crippen molar-refractivity contribution >= 4 is 23.4 Å². The summed E-state index contributed by atoms with van der Waals surface area (Å²) in [6, 6.07) is 5.86. The molecule has 19 heavy (non-hydrogen) atoms. The maximum Gasteiger partial charge on any atom is 0.251 e. The average molecular weight is 274 g/mol. The van der Waals surface area contributed by atoms with Crippen LogP contribution in [0.4, 0.5) is 5.69 Å². The van der Waals surface area contributed by atoms with E-state index < -0.39 is 0 Å². The summed E-state index contributed by atoms with van der Waals surface area (Å²) >= 11 is 1.65. The van der Waals surface area contributed by atoms with Crippen molar-refractivity contribution in [2.45, 2.75) is 12.8 Å². The van der Waals surface area contributed by atoms with Crippen LogP contribution in [0, 0.1) is 12.3 Å². The van der Waals surface area contributed by atoms with Gasteiger partial charge in [0.15, 0.2) is 0 Å². The van der Waals surface area contributed by atoms with E-state index in [9.17, 15) is 4.79 Å². The molecule has 0 aliphatic carbocycles. The zero-order valence-electron chi connectivity index (χ0n) is 10.9. The third-order valence-electron chi connectivity index (χ3n) is 3.02. The average Bonchev–Trinajstić information content (AvgIpc) is 2.46. The molecule has 0 bridgehead atoms. The van der Waals surface area contributed by atoms with E-state index in [0.717, 1.165) is 36.4 Å². The van der Waals surface area contributed by atoms with Crippen molar-refractivity contribution in [2.75, 3.05) is 29.9 Å². The summed E-state index contributed by atoms with van der Waals surface area (Å²) in [5.74, 6) is 4.10. The molecule has 4 heteroatoms. The van der Waals surface area contributed by atoms with Gasteiger partial charge in [-0.15, -0.1) is 18.2 Å². The van der Waals surface area contributed by atoms with Crippen molar-refractivity contribution in [3.63, 3.8) is 0 Å². The first-order valence-electron chi connectivity index (χ1n) is 6.47. The lowest BCUT2D eigenvalue weighted by Gasteiger charge is -2.18. The van der Waals surface area contributed by atoms with E-state index in [1.807, 2.05) is 18.2 Å². The molecule has 1 aromatic rings. The van der Waals surface area contributed by atoms with Crippen LogP contribution in [0.25, 0.3) is 0 Å². The highest BCUT2D eigenvalue weighted by Crippen LogP contribution is 2.22. The second kappa shape index (κ2) is 7.10. The van der Waals surface area contributed by atoms with Gasteiger partial charge in [-0.3, -0.25) is 4.79 Å². The van der Waals surface area contributed by atoms with Gasteiger partial charge in [0.1, 0.15) is 0 Å². The molecule has 1 amide bonds. The summed E-state index contributed by atoms with van der Waals surface area (Å²) in [7, 11) is 0. The molecule has 0 fully saturated rings. The number of hydrogen-bond acceptors (Lipinski definition) is 3. The van der Waals surface area contributed by atoms with Gasteiger partial charge in [-0.2, -0.15) is 0 Å². The van der Waals surface area contributed by atoms with Crippen LogP contribution in [0.1, 0.15) is 22.3 Å². The highest BCUT2D eigenvalue weighted by molar-refractivity contribution is 7.99. The number of fused-ring (bicyclic) bond motifs is 1. The van der Waals surface area contributed by atoms with E-state index in [-0.39, 0.29) is 5.91 Å². The summed E-state index contributed by atoms with van der Waals surface area (Å²) in [6.45, 7) is 1.67. The second-order valence-electron chi connectivity index (χ2n) is 4.41. The van der Waals surface area contributed by atoms with Gasteiger partial charge < -0.3 is 10.6 Å². The number of nitrogens with one attached hydrogen (secondary N) is 2. The molecule has 2 N–H and O–H groups in total. The Bertz CT molecular complexity index is 493. The van der Waals surface area contributed by atoms with Crippen molar-refractivity contribution in [1.82, 2.24) is 5.32 Å². The monoisotopic (exact) mass is 274 g/mol. The molecular formula is C15H18N2OS. The Balaban J connectivity index is 1.87. The normalized spacial score (nSPS) is 13.0. The molecule has 2 rings (SSSR count). The van der Waals surface area contributed by atoms with Gasteiger partial charge in [-0.05, 0) is 36.6 Å². The van der Waals surface area contributed by atoms with Crippen LogP contribution in [0.5, 0.6) is 0 Å². The minimum Gasteiger partial charge on any atom is -0.385 e. The molecule has 0 saturated carbocycles. The predicted octanol–water partition coefficient (Wildman–Crippen LogP) is 2.14. The number of carbonyl (C=O) groups excluding carboxylic acids is 1. The number of terminal acetylenes is 1. The number of rotatable bonds is 5. The molecule has 3 nitrogen and oxygen atoms in total. The number of aryl methyl sites for hydroxylation is 1. The zero-order chi connectivity index (χ0) is 13.5. The van der Waals surface area contributed by atoms with E-state index in [0.29, 0.717) is 12.3 Å². The predicted molar refractivity (Wildman–Crippen MR) is 81.7 cm³/mol. The van der Waals surface area contributed by atoms with Gasteiger partial charge in [0.2, 0.25) is 0 Å². The first-order chi connectivity index (χ1) is 9.31. The molecule has 0 spiro atoms. The van der Waals surface area contributed by atoms with Crippen molar-refractivity contribution < 1.29 is 4.79 Å². The van der Waals surface area contributed by atoms with Crippen LogP contribution < -0.4 is 10.6 Å². The first-order valence-corrected chi connectivity index (χ1v) is 7.63. The molecule has 1 aliphatic rings. The highest BCUT2D eigenvalue weighted by atomic mass is 32.2. The molecule has 1 aliphatic heterocycles. The summed E-state index contributed by atoms with van der Waals surface area (Å²) in [4.78, 5) is 12.0. The van der Waals surface area contributed by atoms with E-state index in [4.69, 9.17) is 6.42 Å². The molecule has 1 aromatic carbocycles. The van der Waals surface area contributed by atoms with Crippen LogP contribution in [-0.4, -0.2) is 30.5 Å². The van der Waals surface area contributed by atoms with Gasteiger partial charge in [0.25, 0.3) is 5.91 Å². The Morgan fingerprint density at radius 3 is 3.26 bits per heavy atom. The van der Waals surface area contributed by atoms with Crippen molar-refractivity contribution in [1.29, 1.82) is 0 Å². The van der Waals surface area contributed by atoms with Gasteiger partial charge in [0, 0.05) is 30.1 Å². The summed E-state index contributed by atoms with van der Waals surface area (Å²) < 4.78 is 0. The number of thioether (sulfide) groups is 1. The Labute approximate surface area is 118 Å². The maximum atomic E-state index is 12.0. The van der Waals surface area contributed by atoms with Gasteiger partial charge in [-0.25, -0.2) is 0 Å². The highest BCUT2D eigenvalue weighted by Gasteiger charge is 2.11. The smallest absolute Gasteiger partial charge is 0.251 e. The van der Waals surface area contributed by atoms with Crippen molar-refractivity contribution in [3.8, 4) is 12.3 Å². The topological polar surface area (TPSA) is 41.1 Å². The minimum absolute atomic E-state index is 0.00492. The quantitative estimate of drug-likeness (QED) is 0.638. The van der Waals surface area contributed by atoms with Crippen LogP contribution in [0.15, 0.2) is 18.2 Å². The van der Waals surface area contributed by atoms with Crippen molar-refractivity contribution in [3.05, 3.63) is 29.3 Å². The van der Waals surface area contributed by atoms with Crippen molar-refractivity contribution in [2.24, 2.45) is 0 Å². The van der Waals surface area contributed by atoms with E-state index in [2.05, 4.69) is 16.6 Å². The summed E-state index contributed by atoms with van der Waals surface area (Å²) in [5.41, 5.74) is 3.14. The fourth-order valence-electron chi connectivity index (χ4n) is 2.09. The summed E-state index contributed by atoms with van der Waals surface area (Å²) in [5, 5.41) is 6.26. The van der Waals surface area contributed by atoms with Crippen LogP contribution >= 0.6 is 11.8 Å². The Morgan fingerprint density at radius 2 is 2.42 bits per heavy atom. The first kappa shape index (κ1) is 13.8. The number of amides is 1. The van der Waals surface area contributed by atoms with E-state index in [1.54, 1.807) is 11.8 Å². The largest absolute Gasteiger partial charge is 0.385 e. The molecule has 100 valence electrons. The molecule has 0 atom stereocenters. The zero-order valence-corrected chi connectivity index (χ0v) is 11.7.